The zero-order valence-electron chi connectivity index (χ0n) is 11.8. The minimum absolute atomic E-state index is 0.0917. The molecule has 1 N–H and O–H groups in total. The molecule has 2 aromatic carbocycles. The molecular formula is C17H15NO3. The van der Waals surface area contributed by atoms with E-state index >= 15 is 0 Å². The molecule has 0 atom stereocenters. The van der Waals surface area contributed by atoms with Gasteiger partial charge >= 0.3 is 0 Å². The van der Waals surface area contributed by atoms with Gasteiger partial charge in [-0.05, 0) is 29.8 Å². The van der Waals surface area contributed by atoms with Crippen LogP contribution in [0.1, 0.15) is 11.1 Å². The van der Waals surface area contributed by atoms with Crippen LogP contribution in [-0.4, -0.2) is 20.1 Å². The monoisotopic (exact) mass is 281 g/mol. The van der Waals surface area contributed by atoms with Gasteiger partial charge in [-0.3, -0.25) is 4.79 Å². The average molecular weight is 281 g/mol. The fourth-order valence-electron chi connectivity index (χ4n) is 2.39. The summed E-state index contributed by atoms with van der Waals surface area (Å²) in [5.41, 5.74) is 3.29. The number of ether oxygens (including phenoxy) is 2. The van der Waals surface area contributed by atoms with Gasteiger partial charge in [-0.1, -0.05) is 24.3 Å². The van der Waals surface area contributed by atoms with Gasteiger partial charge in [-0.15, -0.1) is 0 Å². The molecule has 1 aliphatic rings. The molecule has 0 saturated carbocycles. The first-order valence-corrected chi connectivity index (χ1v) is 6.57. The van der Waals surface area contributed by atoms with Gasteiger partial charge in [0.15, 0.2) is 11.5 Å². The van der Waals surface area contributed by atoms with Crippen LogP contribution in [-0.2, 0) is 4.79 Å². The molecule has 106 valence electrons. The smallest absolute Gasteiger partial charge is 0.256 e. The first kappa shape index (κ1) is 13.2. The minimum Gasteiger partial charge on any atom is -0.493 e. The van der Waals surface area contributed by atoms with Crippen molar-refractivity contribution in [3.63, 3.8) is 0 Å². The molecule has 2 aromatic rings. The Balaban J connectivity index is 2.04. The lowest BCUT2D eigenvalue weighted by Crippen LogP contribution is -2.03. The van der Waals surface area contributed by atoms with Crippen molar-refractivity contribution in [1.82, 2.24) is 0 Å². The Morgan fingerprint density at radius 1 is 1.00 bits per heavy atom. The Morgan fingerprint density at radius 2 is 1.76 bits per heavy atom. The predicted molar refractivity (Wildman–Crippen MR) is 82.5 cm³/mol. The number of fused-ring (bicyclic) bond motifs is 1. The lowest BCUT2D eigenvalue weighted by Gasteiger charge is -2.08. The van der Waals surface area contributed by atoms with E-state index in [9.17, 15) is 4.79 Å². The number of carbonyl (C=O) groups is 1. The second-order valence-electron chi connectivity index (χ2n) is 4.67. The number of benzene rings is 2. The van der Waals surface area contributed by atoms with Crippen LogP contribution in [0, 0.1) is 0 Å². The maximum atomic E-state index is 12.1. The zero-order chi connectivity index (χ0) is 14.8. The van der Waals surface area contributed by atoms with Gasteiger partial charge in [0.1, 0.15) is 0 Å². The van der Waals surface area contributed by atoms with Crippen molar-refractivity contribution in [1.29, 1.82) is 0 Å². The lowest BCUT2D eigenvalue weighted by atomic mass is 10.0. The summed E-state index contributed by atoms with van der Waals surface area (Å²) in [7, 11) is 3.18. The first-order chi connectivity index (χ1) is 10.2. The van der Waals surface area contributed by atoms with Crippen LogP contribution in [0.5, 0.6) is 11.5 Å². The Kier molecular flexibility index (Phi) is 3.36. The molecule has 4 heteroatoms. The Bertz CT molecular complexity index is 735. The van der Waals surface area contributed by atoms with Crippen LogP contribution in [0.2, 0.25) is 0 Å². The van der Waals surface area contributed by atoms with E-state index in [4.69, 9.17) is 9.47 Å². The van der Waals surface area contributed by atoms with E-state index < -0.39 is 0 Å². The molecular weight excluding hydrogens is 266 g/mol. The van der Waals surface area contributed by atoms with Crippen LogP contribution < -0.4 is 14.8 Å². The quantitative estimate of drug-likeness (QED) is 0.879. The summed E-state index contributed by atoms with van der Waals surface area (Å²) in [4.78, 5) is 12.1. The highest BCUT2D eigenvalue weighted by atomic mass is 16.5. The van der Waals surface area contributed by atoms with E-state index in [0.29, 0.717) is 17.1 Å². The average Bonchev–Trinajstić information content (AvgIpc) is 2.83. The number of rotatable bonds is 3. The van der Waals surface area contributed by atoms with Crippen LogP contribution in [0.25, 0.3) is 11.6 Å². The summed E-state index contributed by atoms with van der Waals surface area (Å²) in [6.45, 7) is 0. The predicted octanol–water partition coefficient (Wildman–Crippen LogP) is 3.20. The third-order valence-corrected chi connectivity index (χ3v) is 3.43. The van der Waals surface area contributed by atoms with Gasteiger partial charge in [-0.2, -0.15) is 0 Å². The summed E-state index contributed by atoms with van der Waals surface area (Å²) < 4.78 is 10.5. The molecule has 0 aromatic heterocycles. The van der Waals surface area contributed by atoms with E-state index in [1.165, 1.54) is 0 Å². The molecule has 0 bridgehead atoms. The molecule has 0 aliphatic carbocycles. The van der Waals surface area contributed by atoms with Crippen molar-refractivity contribution in [3.05, 3.63) is 53.6 Å². The molecule has 0 spiro atoms. The molecule has 0 fully saturated rings. The fourth-order valence-corrected chi connectivity index (χ4v) is 2.39. The minimum atomic E-state index is -0.0917. The maximum Gasteiger partial charge on any atom is 0.256 e. The third kappa shape index (κ3) is 2.36. The summed E-state index contributed by atoms with van der Waals surface area (Å²) in [5.74, 6) is 1.21. The summed E-state index contributed by atoms with van der Waals surface area (Å²) >= 11 is 0. The van der Waals surface area contributed by atoms with Crippen molar-refractivity contribution >= 4 is 23.2 Å². The highest BCUT2D eigenvalue weighted by molar-refractivity contribution is 6.34. The topological polar surface area (TPSA) is 47.6 Å². The number of anilines is 1. The highest BCUT2D eigenvalue weighted by Crippen LogP contribution is 2.34. The molecule has 1 amide bonds. The number of nitrogens with one attached hydrogen (secondary N) is 1. The maximum absolute atomic E-state index is 12.1. The largest absolute Gasteiger partial charge is 0.493 e. The summed E-state index contributed by atoms with van der Waals surface area (Å²) in [6, 6.07) is 13.2. The second-order valence-corrected chi connectivity index (χ2v) is 4.67. The standard InChI is InChI=1S/C17H15NO3/c1-20-15-8-7-11(10-16(15)21-2)9-13-12-5-3-4-6-14(12)18-17(13)19/h3-10H,1-2H3,(H,18,19)/b13-9-. The van der Waals surface area contributed by atoms with E-state index in [2.05, 4.69) is 5.32 Å². The number of hydrogen-bond donors (Lipinski definition) is 1. The molecule has 1 aliphatic heterocycles. The Morgan fingerprint density at radius 3 is 2.52 bits per heavy atom. The summed E-state index contributed by atoms with van der Waals surface area (Å²) in [6.07, 6.45) is 1.85. The molecule has 4 nitrogen and oxygen atoms in total. The van der Waals surface area contributed by atoms with Gasteiger partial charge in [0.2, 0.25) is 0 Å². The Hall–Kier alpha value is -2.75. The molecule has 21 heavy (non-hydrogen) atoms. The van der Waals surface area contributed by atoms with Crippen molar-refractivity contribution < 1.29 is 14.3 Å². The van der Waals surface area contributed by atoms with E-state index in [1.54, 1.807) is 14.2 Å². The van der Waals surface area contributed by atoms with Crippen molar-refractivity contribution in [2.45, 2.75) is 0 Å². The van der Waals surface area contributed by atoms with Gasteiger partial charge in [0.05, 0.1) is 14.2 Å². The van der Waals surface area contributed by atoms with Gasteiger partial charge in [-0.25, -0.2) is 0 Å². The number of hydrogen-bond acceptors (Lipinski definition) is 3. The van der Waals surface area contributed by atoms with Crippen LogP contribution in [0.3, 0.4) is 0 Å². The fraction of sp³-hybridized carbons (Fsp3) is 0.118. The van der Waals surface area contributed by atoms with E-state index in [1.807, 2.05) is 48.5 Å². The summed E-state index contributed by atoms with van der Waals surface area (Å²) in [5, 5.41) is 2.86. The molecule has 3 rings (SSSR count). The number of carbonyl (C=O) groups excluding carboxylic acids is 1. The van der Waals surface area contributed by atoms with Crippen LogP contribution >= 0.6 is 0 Å². The van der Waals surface area contributed by atoms with Gasteiger partial charge in [0, 0.05) is 16.8 Å². The zero-order valence-corrected chi connectivity index (χ0v) is 11.8. The lowest BCUT2D eigenvalue weighted by molar-refractivity contribution is -0.110. The highest BCUT2D eigenvalue weighted by Gasteiger charge is 2.23. The molecule has 0 unspecified atom stereocenters. The number of para-hydroxylation sites is 1. The van der Waals surface area contributed by atoms with Gasteiger partial charge in [0.25, 0.3) is 5.91 Å². The van der Waals surface area contributed by atoms with E-state index in [-0.39, 0.29) is 5.91 Å². The van der Waals surface area contributed by atoms with Crippen LogP contribution in [0.4, 0.5) is 5.69 Å². The first-order valence-electron chi connectivity index (χ1n) is 6.57. The van der Waals surface area contributed by atoms with E-state index in [0.717, 1.165) is 16.8 Å². The molecule has 0 radical (unpaired) electrons. The van der Waals surface area contributed by atoms with Crippen molar-refractivity contribution in [2.24, 2.45) is 0 Å². The third-order valence-electron chi connectivity index (χ3n) is 3.43. The van der Waals surface area contributed by atoms with Crippen molar-refractivity contribution in [2.75, 3.05) is 19.5 Å². The second kappa shape index (κ2) is 5.32. The number of amides is 1. The number of methoxy groups -OCH3 is 2. The van der Waals surface area contributed by atoms with Crippen molar-refractivity contribution in [3.8, 4) is 11.5 Å². The molecule has 1 heterocycles. The van der Waals surface area contributed by atoms with Crippen LogP contribution in [0.15, 0.2) is 42.5 Å². The SMILES string of the molecule is COc1ccc(/C=C2\C(=O)Nc3ccccc32)cc1OC. The Labute approximate surface area is 123 Å². The molecule has 0 saturated heterocycles. The normalized spacial score (nSPS) is 14.8. The van der Waals surface area contributed by atoms with Gasteiger partial charge < -0.3 is 14.8 Å².